The zero-order chi connectivity index (χ0) is 26.3. The first kappa shape index (κ1) is 25.1. The molecule has 0 saturated carbocycles. The third kappa shape index (κ3) is 6.03. The summed E-state index contributed by atoms with van der Waals surface area (Å²) in [4.78, 5) is 37.8. The van der Waals surface area contributed by atoms with E-state index in [0.717, 1.165) is 22.3 Å². The lowest BCUT2D eigenvalue weighted by Gasteiger charge is -2.08. The maximum atomic E-state index is 13.1. The number of rotatable bonds is 10. The van der Waals surface area contributed by atoms with Gasteiger partial charge >= 0.3 is 0 Å². The number of anilines is 2. The van der Waals surface area contributed by atoms with Crippen LogP contribution in [0, 0.1) is 0 Å². The Morgan fingerprint density at radius 3 is 1.39 bits per heavy atom. The minimum Gasteiger partial charge on any atom is -0.367 e. The second-order valence-corrected chi connectivity index (χ2v) is 8.90. The highest BCUT2D eigenvalue weighted by Crippen LogP contribution is 2.39. The molecule has 1 aliphatic rings. The van der Waals surface area contributed by atoms with Crippen molar-refractivity contribution in [3.63, 3.8) is 0 Å². The lowest BCUT2D eigenvalue weighted by molar-refractivity contribution is -0.121. The predicted octanol–water partition coefficient (Wildman–Crippen LogP) is 5.21. The molecule has 38 heavy (non-hydrogen) atoms. The van der Waals surface area contributed by atoms with Crippen LogP contribution in [0.1, 0.15) is 27.0 Å². The molecule has 0 atom stereocenters. The number of hydrogen-bond donors (Lipinski definition) is 2. The largest absolute Gasteiger partial charge is 0.367 e. The second-order valence-electron chi connectivity index (χ2n) is 8.90. The van der Waals surface area contributed by atoms with Crippen molar-refractivity contribution in [2.24, 2.45) is 0 Å². The Hall–Kier alpha value is -4.59. The average Bonchev–Trinajstić information content (AvgIpc) is 3.20. The molecule has 0 heterocycles. The molecule has 5 rings (SSSR count). The molecule has 190 valence electrons. The van der Waals surface area contributed by atoms with Crippen LogP contribution in [-0.4, -0.2) is 30.8 Å². The fourth-order valence-electron chi connectivity index (χ4n) is 4.30. The Kier molecular flexibility index (Phi) is 7.68. The monoisotopic (exact) mass is 506 g/mol. The number of ketones is 1. The van der Waals surface area contributed by atoms with Gasteiger partial charge < -0.3 is 20.1 Å². The summed E-state index contributed by atoms with van der Waals surface area (Å²) in [5.74, 6) is -0.769. The molecule has 0 fully saturated rings. The van der Waals surface area contributed by atoms with Crippen molar-refractivity contribution in [1.29, 1.82) is 0 Å². The fraction of sp³-hybridized carbons (Fsp3) is 0.129. The Labute approximate surface area is 220 Å². The van der Waals surface area contributed by atoms with Crippen LogP contribution >= 0.6 is 0 Å². The maximum Gasteiger partial charge on any atom is 0.250 e. The molecule has 7 nitrogen and oxygen atoms in total. The molecule has 0 saturated heterocycles. The summed E-state index contributed by atoms with van der Waals surface area (Å²) in [7, 11) is 0. The first-order valence-electron chi connectivity index (χ1n) is 12.2. The smallest absolute Gasteiger partial charge is 0.250 e. The van der Waals surface area contributed by atoms with Crippen molar-refractivity contribution < 1.29 is 23.9 Å². The lowest BCUT2D eigenvalue weighted by Crippen LogP contribution is -2.18. The maximum absolute atomic E-state index is 13.1. The SMILES string of the molecule is O=C(COCc1ccccc1)Nc1ccc2c(c1)C(=O)c1cc(NC(=O)COCc3ccccc3)ccc1-2. The van der Waals surface area contributed by atoms with Crippen LogP contribution < -0.4 is 10.6 Å². The summed E-state index contributed by atoms with van der Waals surface area (Å²) < 4.78 is 11.0. The third-order valence-electron chi connectivity index (χ3n) is 6.08. The number of ether oxygens (including phenoxy) is 2. The Morgan fingerprint density at radius 1 is 0.553 bits per heavy atom. The molecule has 7 heteroatoms. The van der Waals surface area contributed by atoms with Gasteiger partial charge in [-0.05, 0) is 46.5 Å². The number of fused-ring (bicyclic) bond motifs is 3. The highest BCUT2D eigenvalue weighted by atomic mass is 16.5. The van der Waals surface area contributed by atoms with Crippen molar-refractivity contribution in [2.75, 3.05) is 23.8 Å². The number of hydrogen-bond acceptors (Lipinski definition) is 5. The third-order valence-corrected chi connectivity index (χ3v) is 6.08. The van der Waals surface area contributed by atoms with Crippen molar-refractivity contribution in [3.8, 4) is 11.1 Å². The van der Waals surface area contributed by atoms with Crippen molar-refractivity contribution in [1.82, 2.24) is 0 Å². The van der Waals surface area contributed by atoms with Crippen LogP contribution in [0.3, 0.4) is 0 Å². The van der Waals surface area contributed by atoms with E-state index in [0.29, 0.717) is 35.7 Å². The van der Waals surface area contributed by atoms with Gasteiger partial charge in [0.05, 0.1) is 13.2 Å². The van der Waals surface area contributed by atoms with Gasteiger partial charge in [-0.25, -0.2) is 0 Å². The predicted molar refractivity (Wildman–Crippen MR) is 145 cm³/mol. The van der Waals surface area contributed by atoms with Gasteiger partial charge in [-0.1, -0.05) is 72.8 Å². The van der Waals surface area contributed by atoms with Crippen molar-refractivity contribution in [2.45, 2.75) is 13.2 Å². The van der Waals surface area contributed by atoms with Crippen LogP contribution in [0.2, 0.25) is 0 Å². The number of amides is 2. The summed E-state index contributed by atoms with van der Waals surface area (Å²) in [6, 6.07) is 29.7. The molecule has 4 aromatic rings. The normalized spacial score (nSPS) is 11.5. The van der Waals surface area contributed by atoms with Crippen LogP contribution in [0.5, 0.6) is 0 Å². The van der Waals surface area contributed by atoms with Gasteiger partial charge in [-0.2, -0.15) is 0 Å². The van der Waals surface area contributed by atoms with E-state index in [4.69, 9.17) is 9.47 Å². The van der Waals surface area contributed by atoms with E-state index in [1.165, 1.54) is 0 Å². The highest BCUT2D eigenvalue weighted by molar-refractivity contribution is 6.22. The van der Waals surface area contributed by atoms with Gasteiger partial charge in [0.15, 0.2) is 5.78 Å². The molecular weight excluding hydrogens is 480 g/mol. The minimum absolute atomic E-state index is 0.0989. The zero-order valence-corrected chi connectivity index (χ0v) is 20.6. The van der Waals surface area contributed by atoms with E-state index in [1.807, 2.05) is 72.8 Å². The van der Waals surface area contributed by atoms with Gasteiger partial charge in [0.1, 0.15) is 13.2 Å². The first-order valence-corrected chi connectivity index (χ1v) is 12.2. The Bertz CT molecular complexity index is 1360. The molecule has 2 N–H and O–H groups in total. The van der Waals surface area contributed by atoms with Gasteiger partial charge in [-0.15, -0.1) is 0 Å². The van der Waals surface area contributed by atoms with E-state index in [-0.39, 0.29) is 30.8 Å². The average molecular weight is 507 g/mol. The summed E-state index contributed by atoms with van der Waals surface area (Å²) in [6.45, 7) is 0.477. The molecule has 0 spiro atoms. The van der Waals surface area contributed by atoms with E-state index in [2.05, 4.69) is 10.6 Å². The Balaban J connectivity index is 1.16. The second kappa shape index (κ2) is 11.6. The molecule has 0 bridgehead atoms. The van der Waals surface area contributed by atoms with E-state index < -0.39 is 0 Å². The molecule has 4 aromatic carbocycles. The number of carbonyl (C=O) groups excluding carboxylic acids is 3. The van der Waals surface area contributed by atoms with Crippen LogP contribution in [0.25, 0.3) is 11.1 Å². The fourth-order valence-corrected chi connectivity index (χ4v) is 4.30. The lowest BCUT2D eigenvalue weighted by atomic mass is 10.0. The minimum atomic E-state index is -0.302. The molecule has 0 aromatic heterocycles. The van der Waals surface area contributed by atoms with Crippen molar-refractivity contribution in [3.05, 3.63) is 119 Å². The Morgan fingerprint density at radius 2 is 0.974 bits per heavy atom. The summed E-state index contributed by atoms with van der Waals surface area (Å²) in [5, 5.41) is 5.57. The van der Waals surface area contributed by atoms with Gasteiger partial charge in [0.25, 0.3) is 0 Å². The molecule has 0 aliphatic heterocycles. The molecule has 1 aliphatic carbocycles. The van der Waals surface area contributed by atoms with Gasteiger partial charge in [0, 0.05) is 22.5 Å². The van der Waals surface area contributed by atoms with Gasteiger partial charge in [0.2, 0.25) is 11.8 Å². The number of benzene rings is 4. The van der Waals surface area contributed by atoms with Crippen LogP contribution in [0.15, 0.2) is 97.1 Å². The quantitative estimate of drug-likeness (QED) is 0.271. The summed E-state index contributed by atoms with van der Waals surface area (Å²) >= 11 is 0. The topological polar surface area (TPSA) is 93.7 Å². The van der Waals surface area contributed by atoms with E-state index in [1.54, 1.807) is 24.3 Å². The standard InChI is InChI=1S/C31H26N2O5/c34-29(19-37-17-21-7-3-1-4-8-21)32-23-11-13-25-26-14-12-24(16-28(26)31(36)27(25)15-23)33-30(35)20-38-18-22-9-5-2-6-10-22/h1-16H,17-20H2,(H,32,34)(H,33,35). The number of nitrogens with one attached hydrogen (secondary N) is 2. The van der Waals surface area contributed by atoms with Crippen LogP contribution in [0.4, 0.5) is 11.4 Å². The number of carbonyl (C=O) groups is 3. The van der Waals surface area contributed by atoms with Crippen molar-refractivity contribution >= 4 is 29.0 Å². The summed E-state index contributed by atoms with van der Waals surface area (Å²) in [6.07, 6.45) is 0. The van der Waals surface area contributed by atoms with E-state index >= 15 is 0 Å². The first-order chi connectivity index (χ1) is 18.6. The summed E-state index contributed by atoms with van der Waals surface area (Å²) in [5.41, 5.74) is 5.56. The molecule has 2 amide bonds. The zero-order valence-electron chi connectivity index (χ0n) is 20.6. The molecule has 0 unspecified atom stereocenters. The van der Waals surface area contributed by atoms with Crippen LogP contribution in [-0.2, 0) is 32.3 Å². The molecular formula is C31H26N2O5. The molecule has 0 radical (unpaired) electrons. The van der Waals surface area contributed by atoms with E-state index in [9.17, 15) is 14.4 Å². The highest BCUT2D eigenvalue weighted by Gasteiger charge is 2.27. The van der Waals surface area contributed by atoms with Gasteiger partial charge in [-0.3, -0.25) is 14.4 Å².